The molecule has 124 valence electrons. The van der Waals surface area contributed by atoms with Crippen molar-refractivity contribution in [3.05, 3.63) is 45.4 Å². The molecule has 0 atom stereocenters. The van der Waals surface area contributed by atoms with Gasteiger partial charge in [-0.15, -0.1) is 35.3 Å². The van der Waals surface area contributed by atoms with Crippen molar-refractivity contribution in [1.29, 1.82) is 0 Å². The number of nitrogens with one attached hydrogen (secondary N) is 1. The largest absolute Gasteiger partial charge is 0.356 e. The van der Waals surface area contributed by atoms with Crippen LogP contribution in [0.15, 0.2) is 29.3 Å². The maximum absolute atomic E-state index is 4.84. The Hall–Kier alpha value is -1.15. The van der Waals surface area contributed by atoms with Crippen LogP contribution in [0, 0.1) is 13.8 Å². The van der Waals surface area contributed by atoms with Crippen molar-refractivity contribution in [3.8, 4) is 0 Å². The zero-order valence-electron chi connectivity index (χ0n) is 13.8. The predicted molar refractivity (Wildman–Crippen MR) is 109 cm³/mol. The van der Waals surface area contributed by atoms with Crippen LogP contribution in [0.2, 0.25) is 0 Å². The minimum absolute atomic E-state index is 0. The summed E-state index contributed by atoms with van der Waals surface area (Å²) in [6.07, 6.45) is 1.08. The maximum atomic E-state index is 4.84. The fraction of sp³-hybridized carbons (Fsp3) is 0.412. The van der Waals surface area contributed by atoms with Gasteiger partial charge in [-0.2, -0.15) is 0 Å². The van der Waals surface area contributed by atoms with E-state index < -0.39 is 0 Å². The molecule has 2 aromatic rings. The molecule has 0 bridgehead atoms. The molecule has 2 heterocycles. The molecule has 0 amide bonds. The molecule has 0 spiro atoms. The van der Waals surface area contributed by atoms with Crippen molar-refractivity contribution in [3.63, 3.8) is 0 Å². The molecule has 1 aliphatic heterocycles. The summed E-state index contributed by atoms with van der Waals surface area (Å²) in [5, 5.41) is 4.53. The summed E-state index contributed by atoms with van der Waals surface area (Å²) in [4.78, 5) is 12.9. The summed E-state index contributed by atoms with van der Waals surface area (Å²) in [7, 11) is 0. The third kappa shape index (κ3) is 4.03. The van der Waals surface area contributed by atoms with Gasteiger partial charge in [-0.05, 0) is 38.8 Å². The molecule has 0 saturated heterocycles. The van der Waals surface area contributed by atoms with E-state index in [9.17, 15) is 0 Å². The van der Waals surface area contributed by atoms with Crippen LogP contribution in [0.5, 0.6) is 0 Å². The first-order valence-electron chi connectivity index (χ1n) is 7.75. The van der Waals surface area contributed by atoms with Crippen molar-refractivity contribution in [2.45, 2.75) is 33.7 Å². The Kier molecular flexibility index (Phi) is 6.41. The van der Waals surface area contributed by atoms with E-state index in [0.29, 0.717) is 6.54 Å². The summed E-state index contributed by atoms with van der Waals surface area (Å²) in [6, 6.07) is 8.58. The van der Waals surface area contributed by atoms with Gasteiger partial charge in [-0.25, -0.2) is 9.98 Å². The van der Waals surface area contributed by atoms with E-state index in [4.69, 9.17) is 4.99 Å². The number of nitrogens with zero attached hydrogens (tertiary/aromatic N) is 3. The van der Waals surface area contributed by atoms with Crippen LogP contribution in [-0.4, -0.2) is 24.0 Å². The average Bonchev–Trinajstić information content (AvgIpc) is 3.07. The molecule has 0 radical (unpaired) electrons. The number of aliphatic imine (C=N–C) groups is 1. The smallest absolute Gasteiger partial charge is 0.198 e. The molecule has 0 fully saturated rings. The Labute approximate surface area is 159 Å². The van der Waals surface area contributed by atoms with E-state index >= 15 is 0 Å². The topological polar surface area (TPSA) is 40.5 Å². The SMILES string of the molecule is CCNC(=NCc1sc(C)nc1C)N1CCc2ccccc21.I. The third-order valence-corrected chi connectivity index (χ3v) is 4.91. The Morgan fingerprint density at radius 2 is 2.13 bits per heavy atom. The molecule has 0 aliphatic carbocycles. The van der Waals surface area contributed by atoms with Crippen LogP contribution in [0.25, 0.3) is 0 Å². The fourth-order valence-electron chi connectivity index (χ4n) is 2.82. The lowest BCUT2D eigenvalue weighted by Gasteiger charge is -2.22. The second kappa shape index (κ2) is 8.10. The molecule has 23 heavy (non-hydrogen) atoms. The number of guanidine groups is 1. The summed E-state index contributed by atoms with van der Waals surface area (Å²) in [5.74, 6) is 0.970. The van der Waals surface area contributed by atoms with Gasteiger partial charge in [0.15, 0.2) is 5.96 Å². The molecule has 0 saturated carbocycles. The summed E-state index contributed by atoms with van der Waals surface area (Å²) < 4.78 is 0. The minimum atomic E-state index is 0. The number of aromatic nitrogens is 1. The van der Waals surface area contributed by atoms with E-state index in [2.05, 4.69) is 53.3 Å². The van der Waals surface area contributed by atoms with Gasteiger partial charge in [0.2, 0.25) is 0 Å². The number of halogens is 1. The lowest BCUT2D eigenvalue weighted by atomic mass is 10.2. The third-order valence-electron chi connectivity index (χ3n) is 3.85. The molecule has 6 heteroatoms. The highest BCUT2D eigenvalue weighted by atomic mass is 127. The van der Waals surface area contributed by atoms with E-state index in [1.165, 1.54) is 16.1 Å². The van der Waals surface area contributed by atoms with Crippen molar-refractivity contribution < 1.29 is 0 Å². The molecule has 1 N–H and O–H groups in total. The molecule has 1 aromatic heterocycles. The molecule has 0 unspecified atom stereocenters. The first kappa shape index (κ1) is 18.2. The number of hydrogen-bond donors (Lipinski definition) is 1. The summed E-state index contributed by atoms with van der Waals surface area (Å²) in [6.45, 7) is 8.78. The lowest BCUT2D eigenvalue weighted by molar-refractivity contribution is 0.883. The van der Waals surface area contributed by atoms with E-state index in [0.717, 1.165) is 36.2 Å². The van der Waals surface area contributed by atoms with Crippen LogP contribution in [0.3, 0.4) is 0 Å². The Morgan fingerprint density at radius 3 is 2.83 bits per heavy atom. The Balaban J connectivity index is 0.00000192. The normalized spacial score (nSPS) is 13.7. The number of hydrogen-bond acceptors (Lipinski definition) is 3. The van der Waals surface area contributed by atoms with Gasteiger partial charge in [-0.1, -0.05) is 18.2 Å². The maximum Gasteiger partial charge on any atom is 0.198 e. The zero-order valence-corrected chi connectivity index (χ0v) is 16.9. The number of aryl methyl sites for hydroxylation is 2. The molecule has 3 rings (SSSR count). The number of benzene rings is 1. The highest BCUT2D eigenvalue weighted by molar-refractivity contribution is 14.0. The molecule has 1 aromatic carbocycles. The first-order valence-corrected chi connectivity index (χ1v) is 8.57. The van der Waals surface area contributed by atoms with Crippen molar-refractivity contribution >= 4 is 47.0 Å². The van der Waals surface area contributed by atoms with Gasteiger partial charge in [0.25, 0.3) is 0 Å². The molecular weight excluding hydrogens is 419 g/mol. The predicted octanol–water partition coefficient (Wildman–Crippen LogP) is 3.91. The highest BCUT2D eigenvalue weighted by Crippen LogP contribution is 2.27. The van der Waals surface area contributed by atoms with Gasteiger partial charge in [-0.3, -0.25) is 0 Å². The molecule has 4 nitrogen and oxygen atoms in total. The fourth-order valence-corrected chi connectivity index (χ4v) is 3.68. The summed E-state index contributed by atoms with van der Waals surface area (Å²) >= 11 is 1.74. The number of rotatable bonds is 3. The second-order valence-electron chi connectivity index (χ2n) is 5.44. The van der Waals surface area contributed by atoms with E-state index in [1.54, 1.807) is 11.3 Å². The monoisotopic (exact) mass is 442 g/mol. The van der Waals surface area contributed by atoms with Gasteiger partial charge in [0, 0.05) is 23.7 Å². The zero-order chi connectivity index (χ0) is 15.5. The van der Waals surface area contributed by atoms with Gasteiger partial charge in [0.05, 0.1) is 17.2 Å². The quantitative estimate of drug-likeness (QED) is 0.445. The average molecular weight is 442 g/mol. The van der Waals surface area contributed by atoms with Crippen molar-refractivity contribution in [1.82, 2.24) is 10.3 Å². The van der Waals surface area contributed by atoms with Crippen molar-refractivity contribution in [2.75, 3.05) is 18.0 Å². The van der Waals surface area contributed by atoms with Crippen molar-refractivity contribution in [2.24, 2.45) is 4.99 Å². The Bertz CT molecular complexity index is 696. The van der Waals surface area contributed by atoms with E-state index in [-0.39, 0.29) is 24.0 Å². The van der Waals surface area contributed by atoms with Crippen LogP contribution >= 0.6 is 35.3 Å². The number of fused-ring (bicyclic) bond motifs is 1. The first-order chi connectivity index (χ1) is 10.7. The number of thiazole rings is 1. The Morgan fingerprint density at radius 1 is 1.35 bits per heavy atom. The van der Waals surface area contributed by atoms with Crippen LogP contribution in [0.4, 0.5) is 5.69 Å². The molecular formula is C17H23IN4S. The lowest BCUT2D eigenvalue weighted by Crippen LogP contribution is -2.40. The number of para-hydroxylation sites is 1. The van der Waals surface area contributed by atoms with Crippen LogP contribution in [-0.2, 0) is 13.0 Å². The van der Waals surface area contributed by atoms with Crippen LogP contribution in [0.1, 0.15) is 28.1 Å². The highest BCUT2D eigenvalue weighted by Gasteiger charge is 2.22. The van der Waals surface area contributed by atoms with E-state index in [1.807, 2.05) is 6.92 Å². The van der Waals surface area contributed by atoms with Gasteiger partial charge >= 0.3 is 0 Å². The van der Waals surface area contributed by atoms with Crippen LogP contribution < -0.4 is 10.2 Å². The minimum Gasteiger partial charge on any atom is -0.356 e. The summed E-state index contributed by atoms with van der Waals surface area (Å²) in [5.41, 5.74) is 3.78. The second-order valence-corrected chi connectivity index (χ2v) is 6.73. The molecule has 1 aliphatic rings. The van der Waals surface area contributed by atoms with Gasteiger partial charge < -0.3 is 10.2 Å². The van der Waals surface area contributed by atoms with Gasteiger partial charge in [0.1, 0.15) is 0 Å². The standard InChI is InChI=1S/C17H22N4S.HI/c1-4-18-17(19-11-16-12(2)20-13(3)22-16)21-10-9-14-7-5-6-8-15(14)21;/h5-8H,4,9-11H2,1-3H3,(H,18,19);1H. The number of anilines is 1.